The van der Waals surface area contributed by atoms with Gasteiger partial charge in [-0.1, -0.05) is 12.8 Å². The number of allylic oxidation sites excluding steroid dienone is 2. The highest BCUT2D eigenvalue weighted by atomic mass is 16.5. The summed E-state index contributed by atoms with van der Waals surface area (Å²) in [5.74, 6) is 2.07. The van der Waals surface area contributed by atoms with Gasteiger partial charge < -0.3 is 4.74 Å². The predicted octanol–water partition coefficient (Wildman–Crippen LogP) is 2.87. The molecule has 2 aliphatic carbocycles. The molecule has 2 aliphatic rings. The molecule has 1 saturated carbocycles. The Bertz CT molecular complexity index is 166. The zero-order valence-corrected chi connectivity index (χ0v) is 7.18. The molecular formula is C10H16O. The first-order chi connectivity index (χ1) is 5.36. The minimum absolute atomic E-state index is 0.478. The summed E-state index contributed by atoms with van der Waals surface area (Å²) in [4.78, 5) is 0. The Kier molecular flexibility index (Phi) is 1.89. The van der Waals surface area contributed by atoms with Gasteiger partial charge in [-0.05, 0) is 31.8 Å². The van der Waals surface area contributed by atoms with Gasteiger partial charge in [0.1, 0.15) is 0 Å². The maximum atomic E-state index is 5.71. The molecule has 1 heteroatoms. The third-order valence-corrected chi connectivity index (χ3v) is 2.77. The van der Waals surface area contributed by atoms with Crippen molar-refractivity contribution in [2.75, 3.05) is 0 Å². The largest absolute Gasteiger partial charge is 0.495 e. The maximum absolute atomic E-state index is 5.71. The fourth-order valence-corrected chi connectivity index (χ4v) is 1.90. The van der Waals surface area contributed by atoms with Crippen molar-refractivity contribution in [3.63, 3.8) is 0 Å². The molecule has 1 fully saturated rings. The van der Waals surface area contributed by atoms with E-state index < -0.39 is 0 Å². The lowest BCUT2D eigenvalue weighted by molar-refractivity contribution is 0.0900. The number of hydrogen-bond donors (Lipinski definition) is 0. The summed E-state index contributed by atoms with van der Waals surface area (Å²) in [6, 6.07) is 0. The van der Waals surface area contributed by atoms with Crippen LogP contribution in [0.5, 0.6) is 0 Å². The van der Waals surface area contributed by atoms with E-state index in [0.29, 0.717) is 6.10 Å². The smallest absolute Gasteiger partial charge is 0.0982 e. The van der Waals surface area contributed by atoms with Gasteiger partial charge in [0, 0.05) is 6.42 Å². The van der Waals surface area contributed by atoms with Crippen LogP contribution in [-0.2, 0) is 4.74 Å². The minimum Gasteiger partial charge on any atom is -0.495 e. The van der Waals surface area contributed by atoms with Crippen LogP contribution in [0.1, 0.15) is 39.0 Å². The Labute approximate surface area is 68.4 Å². The molecule has 11 heavy (non-hydrogen) atoms. The summed E-state index contributed by atoms with van der Waals surface area (Å²) < 4.78 is 5.71. The van der Waals surface area contributed by atoms with E-state index in [2.05, 4.69) is 13.0 Å². The molecule has 62 valence electrons. The highest BCUT2D eigenvalue weighted by Gasteiger charge is 2.24. The van der Waals surface area contributed by atoms with Crippen molar-refractivity contribution in [2.45, 2.75) is 45.1 Å². The second kappa shape index (κ2) is 2.88. The molecule has 0 saturated heterocycles. The monoisotopic (exact) mass is 152 g/mol. The van der Waals surface area contributed by atoms with Crippen molar-refractivity contribution in [1.82, 2.24) is 0 Å². The molecule has 0 bridgehead atoms. The molecule has 0 heterocycles. The molecule has 0 spiro atoms. The molecule has 0 aromatic carbocycles. The minimum atomic E-state index is 0.478. The Morgan fingerprint density at radius 2 is 2.09 bits per heavy atom. The third kappa shape index (κ3) is 1.76. The van der Waals surface area contributed by atoms with Crippen molar-refractivity contribution < 1.29 is 4.74 Å². The standard InChI is InChI=1S/C10H16O/c1-8(11-10-6-7-10)9-4-2-3-5-9/h6,8-9H,2-5,7H2,1H3. The maximum Gasteiger partial charge on any atom is 0.0982 e. The Morgan fingerprint density at radius 1 is 1.45 bits per heavy atom. The molecule has 0 amide bonds. The van der Waals surface area contributed by atoms with Gasteiger partial charge in [-0.2, -0.15) is 0 Å². The Morgan fingerprint density at radius 3 is 2.64 bits per heavy atom. The van der Waals surface area contributed by atoms with Crippen LogP contribution < -0.4 is 0 Å². The van der Waals surface area contributed by atoms with Gasteiger partial charge in [-0.25, -0.2) is 0 Å². The highest BCUT2D eigenvalue weighted by Crippen LogP contribution is 2.32. The lowest BCUT2D eigenvalue weighted by Crippen LogP contribution is -2.15. The van der Waals surface area contributed by atoms with Crippen molar-refractivity contribution in [1.29, 1.82) is 0 Å². The van der Waals surface area contributed by atoms with Gasteiger partial charge in [0.2, 0.25) is 0 Å². The van der Waals surface area contributed by atoms with Gasteiger partial charge in [-0.15, -0.1) is 0 Å². The second-order valence-electron chi connectivity index (χ2n) is 3.74. The molecular weight excluding hydrogens is 136 g/mol. The lowest BCUT2D eigenvalue weighted by atomic mass is 10.0. The molecule has 1 nitrogen and oxygen atoms in total. The second-order valence-corrected chi connectivity index (χ2v) is 3.74. The fourth-order valence-electron chi connectivity index (χ4n) is 1.90. The number of rotatable bonds is 3. The van der Waals surface area contributed by atoms with Crippen LogP contribution in [0.2, 0.25) is 0 Å². The highest BCUT2D eigenvalue weighted by molar-refractivity contribution is 5.14. The van der Waals surface area contributed by atoms with Crippen LogP contribution in [0.25, 0.3) is 0 Å². The summed E-state index contributed by atoms with van der Waals surface area (Å²) in [6.45, 7) is 2.22. The molecule has 1 unspecified atom stereocenters. The number of hydrogen-bond acceptors (Lipinski definition) is 1. The first-order valence-corrected chi connectivity index (χ1v) is 4.72. The van der Waals surface area contributed by atoms with E-state index in [1.165, 1.54) is 31.4 Å². The normalized spacial score (nSPS) is 26.5. The van der Waals surface area contributed by atoms with E-state index in [9.17, 15) is 0 Å². The van der Waals surface area contributed by atoms with Gasteiger partial charge in [0.05, 0.1) is 11.9 Å². The molecule has 2 rings (SSSR count). The van der Waals surface area contributed by atoms with Crippen LogP contribution in [0.15, 0.2) is 11.8 Å². The van der Waals surface area contributed by atoms with E-state index in [4.69, 9.17) is 4.74 Å². The van der Waals surface area contributed by atoms with Crippen LogP contribution >= 0.6 is 0 Å². The topological polar surface area (TPSA) is 9.23 Å². The lowest BCUT2D eigenvalue weighted by Gasteiger charge is -2.18. The fraction of sp³-hybridized carbons (Fsp3) is 0.800. The van der Waals surface area contributed by atoms with Gasteiger partial charge in [-0.3, -0.25) is 0 Å². The average molecular weight is 152 g/mol. The van der Waals surface area contributed by atoms with Crippen LogP contribution in [0.4, 0.5) is 0 Å². The first-order valence-electron chi connectivity index (χ1n) is 4.72. The zero-order valence-electron chi connectivity index (χ0n) is 7.18. The molecule has 0 aliphatic heterocycles. The van der Waals surface area contributed by atoms with Crippen LogP contribution in [0, 0.1) is 5.92 Å². The van der Waals surface area contributed by atoms with E-state index in [1.807, 2.05) is 0 Å². The van der Waals surface area contributed by atoms with Gasteiger partial charge >= 0.3 is 0 Å². The van der Waals surface area contributed by atoms with Crippen molar-refractivity contribution in [3.8, 4) is 0 Å². The van der Waals surface area contributed by atoms with E-state index >= 15 is 0 Å². The molecule has 0 radical (unpaired) electrons. The summed E-state index contributed by atoms with van der Waals surface area (Å²) in [5, 5.41) is 0. The summed E-state index contributed by atoms with van der Waals surface area (Å²) >= 11 is 0. The van der Waals surface area contributed by atoms with E-state index in [-0.39, 0.29) is 0 Å². The number of ether oxygens (including phenoxy) is 1. The third-order valence-electron chi connectivity index (χ3n) is 2.77. The Hall–Kier alpha value is -0.460. The first kappa shape index (κ1) is 7.20. The van der Waals surface area contributed by atoms with Crippen molar-refractivity contribution in [2.24, 2.45) is 5.92 Å². The average Bonchev–Trinajstić information content (AvgIpc) is 2.67. The van der Waals surface area contributed by atoms with Gasteiger partial charge in [0.15, 0.2) is 0 Å². The van der Waals surface area contributed by atoms with Gasteiger partial charge in [0.25, 0.3) is 0 Å². The van der Waals surface area contributed by atoms with E-state index in [0.717, 1.165) is 12.3 Å². The molecule has 0 aromatic heterocycles. The van der Waals surface area contributed by atoms with Crippen LogP contribution in [-0.4, -0.2) is 6.10 Å². The molecule has 1 atom stereocenters. The summed E-state index contributed by atoms with van der Waals surface area (Å²) in [5.41, 5.74) is 0. The quantitative estimate of drug-likeness (QED) is 0.604. The SMILES string of the molecule is CC(OC1=CC1)C1CCCC1. The van der Waals surface area contributed by atoms with E-state index in [1.54, 1.807) is 0 Å². The summed E-state index contributed by atoms with van der Waals surface area (Å²) in [7, 11) is 0. The van der Waals surface area contributed by atoms with Crippen LogP contribution in [0.3, 0.4) is 0 Å². The molecule has 0 N–H and O–H groups in total. The van der Waals surface area contributed by atoms with Crippen molar-refractivity contribution >= 4 is 0 Å². The zero-order chi connectivity index (χ0) is 7.68. The summed E-state index contributed by atoms with van der Waals surface area (Å²) in [6.07, 6.45) is 9.34. The Balaban J connectivity index is 1.77. The molecule has 0 aromatic rings. The van der Waals surface area contributed by atoms with Crippen molar-refractivity contribution in [3.05, 3.63) is 11.8 Å². The predicted molar refractivity (Wildman–Crippen MR) is 45.2 cm³/mol.